The number of hydrogen-bond acceptors (Lipinski definition) is 5. The average molecular weight is 390 g/mol. The number of anilines is 1. The van der Waals surface area contributed by atoms with Crippen molar-refractivity contribution in [3.63, 3.8) is 0 Å². The molecule has 0 aliphatic rings. The standard InChI is InChI=1S/C20H27N3O3S/c1-4-13(5-2)16-12-21-20(27-16)23-18(25)15(6-3)22-19(26)17(24)14-10-8-7-9-11-14/h7-13,15,17,24H,4-6H2,1-3H3,(H,22,26)(H,21,23,25). The Morgan fingerprint density at radius 3 is 2.33 bits per heavy atom. The van der Waals surface area contributed by atoms with Gasteiger partial charge in [-0.1, -0.05) is 51.1 Å². The van der Waals surface area contributed by atoms with Gasteiger partial charge in [-0.2, -0.15) is 0 Å². The summed E-state index contributed by atoms with van der Waals surface area (Å²) < 4.78 is 0. The molecule has 0 bridgehead atoms. The third-order valence-electron chi connectivity index (χ3n) is 4.55. The van der Waals surface area contributed by atoms with E-state index in [1.807, 2.05) is 0 Å². The number of benzene rings is 1. The molecular formula is C20H27N3O3S. The predicted octanol–water partition coefficient (Wildman–Crippen LogP) is 3.61. The summed E-state index contributed by atoms with van der Waals surface area (Å²) >= 11 is 1.46. The summed E-state index contributed by atoms with van der Waals surface area (Å²) in [7, 11) is 0. The highest BCUT2D eigenvalue weighted by Crippen LogP contribution is 2.30. The molecule has 2 amide bonds. The zero-order valence-electron chi connectivity index (χ0n) is 15.9. The van der Waals surface area contributed by atoms with Gasteiger partial charge in [-0.3, -0.25) is 9.59 Å². The lowest BCUT2D eigenvalue weighted by atomic mass is 10.0. The summed E-state index contributed by atoms with van der Waals surface area (Å²) in [5, 5.41) is 16.1. The van der Waals surface area contributed by atoms with Gasteiger partial charge in [-0.05, 0) is 30.7 Å². The molecule has 27 heavy (non-hydrogen) atoms. The van der Waals surface area contributed by atoms with Crippen LogP contribution in [0.25, 0.3) is 0 Å². The van der Waals surface area contributed by atoms with Gasteiger partial charge in [0.25, 0.3) is 5.91 Å². The van der Waals surface area contributed by atoms with E-state index in [-0.39, 0.29) is 5.91 Å². The molecule has 1 heterocycles. The van der Waals surface area contributed by atoms with Crippen LogP contribution >= 0.6 is 11.3 Å². The largest absolute Gasteiger partial charge is 0.378 e. The van der Waals surface area contributed by atoms with Crippen molar-refractivity contribution in [2.75, 3.05) is 5.32 Å². The number of thiazole rings is 1. The van der Waals surface area contributed by atoms with Crippen LogP contribution in [0.1, 0.15) is 62.5 Å². The van der Waals surface area contributed by atoms with E-state index in [1.165, 1.54) is 11.3 Å². The first-order valence-corrected chi connectivity index (χ1v) is 10.1. The fraction of sp³-hybridized carbons (Fsp3) is 0.450. The van der Waals surface area contributed by atoms with Gasteiger partial charge < -0.3 is 15.7 Å². The minimum Gasteiger partial charge on any atom is -0.378 e. The van der Waals surface area contributed by atoms with E-state index in [0.717, 1.165) is 17.7 Å². The quantitative estimate of drug-likeness (QED) is 0.611. The SMILES string of the molecule is CCC(NC(=O)C(O)c1ccccc1)C(=O)Nc1ncc(C(CC)CC)s1. The molecule has 2 aromatic rings. The maximum absolute atomic E-state index is 12.5. The Kier molecular flexibility index (Phi) is 7.94. The first kappa shape index (κ1) is 21.1. The van der Waals surface area contributed by atoms with E-state index in [0.29, 0.717) is 23.0 Å². The zero-order chi connectivity index (χ0) is 19.8. The first-order valence-electron chi connectivity index (χ1n) is 9.30. The van der Waals surface area contributed by atoms with Crippen molar-refractivity contribution in [1.29, 1.82) is 0 Å². The molecule has 1 aromatic heterocycles. The number of aromatic nitrogens is 1. The molecule has 0 saturated carbocycles. The van der Waals surface area contributed by atoms with Crippen LogP contribution in [0.2, 0.25) is 0 Å². The van der Waals surface area contributed by atoms with Gasteiger partial charge in [-0.15, -0.1) is 11.3 Å². The number of nitrogens with one attached hydrogen (secondary N) is 2. The second kappa shape index (κ2) is 10.2. The van der Waals surface area contributed by atoms with Crippen LogP contribution in [-0.2, 0) is 9.59 Å². The molecule has 2 atom stereocenters. The van der Waals surface area contributed by atoms with Crippen LogP contribution in [-0.4, -0.2) is 27.9 Å². The van der Waals surface area contributed by atoms with E-state index >= 15 is 0 Å². The Labute approximate surface area is 164 Å². The van der Waals surface area contributed by atoms with Crippen LogP contribution in [0.5, 0.6) is 0 Å². The number of aliphatic hydroxyl groups is 1. The molecule has 2 unspecified atom stereocenters. The second-order valence-electron chi connectivity index (χ2n) is 6.35. The molecule has 6 nitrogen and oxygen atoms in total. The Hall–Kier alpha value is -2.25. The van der Waals surface area contributed by atoms with Crippen molar-refractivity contribution in [3.05, 3.63) is 47.0 Å². The molecular weight excluding hydrogens is 362 g/mol. The van der Waals surface area contributed by atoms with E-state index in [1.54, 1.807) is 43.5 Å². The van der Waals surface area contributed by atoms with Crippen LogP contribution < -0.4 is 10.6 Å². The summed E-state index contributed by atoms with van der Waals surface area (Å²) in [6.07, 6.45) is 2.95. The number of nitrogens with zero attached hydrogens (tertiary/aromatic N) is 1. The lowest BCUT2D eigenvalue weighted by molar-refractivity contribution is -0.133. The van der Waals surface area contributed by atoms with Crippen molar-refractivity contribution in [1.82, 2.24) is 10.3 Å². The van der Waals surface area contributed by atoms with Crippen molar-refractivity contribution in [3.8, 4) is 0 Å². The van der Waals surface area contributed by atoms with Crippen LogP contribution in [0, 0.1) is 0 Å². The number of carbonyl (C=O) groups excluding carboxylic acids is 2. The Balaban J connectivity index is 1.98. The number of hydrogen-bond donors (Lipinski definition) is 3. The molecule has 0 aliphatic heterocycles. The predicted molar refractivity (Wildman–Crippen MR) is 108 cm³/mol. The third-order valence-corrected chi connectivity index (χ3v) is 5.62. The van der Waals surface area contributed by atoms with Crippen molar-refractivity contribution < 1.29 is 14.7 Å². The fourth-order valence-electron chi connectivity index (χ4n) is 2.81. The molecule has 0 saturated heterocycles. The van der Waals surface area contributed by atoms with Gasteiger partial charge in [-0.25, -0.2) is 4.98 Å². The molecule has 2 rings (SSSR count). The summed E-state index contributed by atoms with van der Waals surface area (Å²) in [6.45, 7) is 6.07. The number of aliphatic hydroxyl groups excluding tert-OH is 1. The topological polar surface area (TPSA) is 91.3 Å². The maximum Gasteiger partial charge on any atom is 0.254 e. The number of carbonyl (C=O) groups is 2. The molecule has 3 N–H and O–H groups in total. The molecule has 0 aliphatic carbocycles. The Morgan fingerprint density at radius 2 is 1.74 bits per heavy atom. The van der Waals surface area contributed by atoms with E-state index < -0.39 is 18.1 Å². The Morgan fingerprint density at radius 1 is 1.07 bits per heavy atom. The van der Waals surface area contributed by atoms with Crippen LogP contribution in [0.3, 0.4) is 0 Å². The van der Waals surface area contributed by atoms with Gasteiger partial charge >= 0.3 is 0 Å². The summed E-state index contributed by atoms with van der Waals surface area (Å²) in [5.41, 5.74) is 0.486. The second-order valence-corrected chi connectivity index (χ2v) is 7.42. The maximum atomic E-state index is 12.5. The average Bonchev–Trinajstić information content (AvgIpc) is 3.15. The summed E-state index contributed by atoms with van der Waals surface area (Å²) in [6, 6.07) is 7.89. The van der Waals surface area contributed by atoms with Gasteiger partial charge in [0.1, 0.15) is 6.04 Å². The highest BCUT2D eigenvalue weighted by molar-refractivity contribution is 7.15. The van der Waals surface area contributed by atoms with E-state index in [4.69, 9.17) is 0 Å². The van der Waals surface area contributed by atoms with Crippen molar-refractivity contribution >= 4 is 28.3 Å². The van der Waals surface area contributed by atoms with Crippen LogP contribution in [0.4, 0.5) is 5.13 Å². The highest BCUT2D eigenvalue weighted by atomic mass is 32.1. The molecule has 7 heteroatoms. The van der Waals surface area contributed by atoms with Gasteiger partial charge in [0.2, 0.25) is 5.91 Å². The monoisotopic (exact) mass is 389 g/mol. The van der Waals surface area contributed by atoms with E-state index in [2.05, 4.69) is 29.5 Å². The molecule has 0 spiro atoms. The van der Waals surface area contributed by atoms with Crippen molar-refractivity contribution in [2.24, 2.45) is 0 Å². The Bertz CT molecular complexity index is 744. The number of amides is 2. The fourth-order valence-corrected chi connectivity index (χ4v) is 3.89. The summed E-state index contributed by atoms with van der Waals surface area (Å²) in [5.74, 6) is -0.493. The summed E-state index contributed by atoms with van der Waals surface area (Å²) in [4.78, 5) is 30.2. The lowest BCUT2D eigenvalue weighted by Gasteiger charge is -2.18. The normalized spacial score (nSPS) is 13.2. The van der Waals surface area contributed by atoms with Gasteiger partial charge in [0, 0.05) is 11.1 Å². The van der Waals surface area contributed by atoms with E-state index in [9.17, 15) is 14.7 Å². The highest BCUT2D eigenvalue weighted by Gasteiger charge is 2.25. The van der Waals surface area contributed by atoms with Gasteiger partial charge in [0.15, 0.2) is 11.2 Å². The molecule has 146 valence electrons. The van der Waals surface area contributed by atoms with Crippen molar-refractivity contribution in [2.45, 2.75) is 58.1 Å². The minimum atomic E-state index is -1.31. The molecule has 0 radical (unpaired) electrons. The minimum absolute atomic E-state index is 0.337. The first-order chi connectivity index (χ1) is 13.0. The lowest BCUT2D eigenvalue weighted by Crippen LogP contribution is -2.45. The third kappa shape index (κ3) is 5.61. The zero-order valence-corrected chi connectivity index (χ0v) is 16.8. The smallest absolute Gasteiger partial charge is 0.254 e. The van der Waals surface area contributed by atoms with Gasteiger partial charge in [0.05, 0.1) is 0 Å². The molecule has 0 fully saturated rings. The number of rotatable bonds is 9. The molecule has 1 aromatic carbocycles. The van der Waals surface area contributed by atoms with Crippen LogP contribution in [0.15, 0.2) is 36.5 Å².